The van der Waals surface area contributed by atoms with Crippen molar-refractivity contribution in [3.8, 4) is 0 Å². The van der Waals surface area contributed by atoms with Gasteiger partial charge in [0, 0.05) is 15.1 Å². The van der Waals surface area contributed by atoms with Crippen LogP contribution in [0.2, 0.25) is 0 Å². The van der Waals surface area contributed by atoms with Crippen LogP contribution in [0.25, 0.3) is 0 Å². The molecule has 5 heteroatoms. The number of halogens is 2. The molecule has 0 spiro atoms. The van der Waals surface area contributed by atoms with Crippen LogP contribution in [0.5, 0.6) is 0 Å². The van der Waals surface area contributed by atoms with Crippen molar-refractivity contribution in [2.75, 3.05) is 0 Å². The Morgan fingerprint density at radius 3 is 2.62 bits per heavy atom. The summed E-state index contributed by atoms with van der Waals surface area (Å²) in [5.74, 6) is 6.28. The van der Waals surface area contributed by atoms with Crippen LogP contribution in [0, 0.1) is 5.92 Å². The number of nitrogens with two attached hydrogens (primary N) is 1. The highest BCUT2D eigenvalue weighted by atomic mass is 79.9. The van der Waals surface area contributed by atoms with Gasteiger partial charge in [-0.2, -0.15) is 0 Å². The molecule has 3 N–H and O–H groups in total. The van der Waals surface area contributed by atoms with E-state index < -0.39 is 0 Å². The molecule has 0 saturated heterocycles. The number of hydrogen-bond acceptors (Lipinski definition) is 3. The lowest BCUT2D eigenvalue weighted by molar-refractivity contribution is 0.365. The maximum absolute atomic E-state index is 5.67. The zero-order valence-electron chi connectivity index (χ0n) is 8.92. The first-order valence-electron chi connectivity index (χ1n) is 5.49. The summed E-state index contributed by atoms with van der Waals surface area (Å²) in [5, 5.41) is 0. The summed E-state index contributed by atoms with van der Waals surface area (Å²) in [6.45, 7) is 0. The van der Waals surface area contributed by atoms with Crippen LogP contribution in [0.1, 0.15) is 37.4 Å². The maximum atomic E-state index is 5.67. The minimum absolute atomic E-state index is 0.157. The zero-order chi connectivity index (χ0) is 11.5. The van der Waals surface area contributed by atoms with E-state index in [-0.39, 0.29) is 6.04 Å². The smallest absolute Gasteiger partial charge is 0.0732 e. The minimum atomic E-state index is 0.157. The molecule has 0 aromatic carbocycles. The normalized spacial score (nSPS) is 18.9. The maximum Gasteiger partial charge on any atom is 0.0732 e. The van der Waals surface area contributed by atoms with Gasteiger partial charge in [0.1, 0.15) is 0 Å². The lowest BCUT2D eigenvalue weighted by Gasteiger charge is -2.23. The van der Waals surface area contributed by atoms with Crippen molar-refractivity contribution in [2.45, 2.75) is 31.7 Å². The Bertz CT molecular complexity index is 364. The second-order valence-corrected chi connectivity index (χ2v) is 5.98. The van der Waals surface area contributed by atoms with Crippen LogP contribution in [0.15, 0.2) is 21.2 Å². The standard InChI is InChI=1S/C11H15Br2N3/c12-8-5-9(13)11(15-6-8)10(16-14)7-3-1-2-4-7/h5-7,10,16H,1-4,14H2. The molecule has 0 radical (unpaired) electrons. The Hall–Kier alpha value is 0.0300. The summed E-state index contributed by atoms with van der Waals surface area (Å²) in [6.07, 6.45) is 6.89. The molecule has 1 aromatic rings. The van der Waals surface area contributed by atoms with Gasteiger partial charge < -0.3 is 0 Å². The van der Waals surface area contributed by atoms with Gasteiger partial charge in [0.25, 0.3) is 0 Å². The van der Waals surface area contributed by atoms with Crippen molar-refractivity contribution >= 4 is 31.9 Å². The van der Waals surface area contributed by atoms with E-state index in [2.05, 4.69) is 42.3 Å². The molecule has 1 aliphatic carbocycles. The summed E-state index contributed by atoms with van der Waals surface area (Å²) >= 11 is 6.95. The van der Waals surface area contributed by atoms with E-state index in [4.69, 9.17) is 5.84 Å². The van der Waals surface area contributed by atoms with Gasteiger partial charge >= 0.3 is 0 Å². The molecule has 1 fully saturated rings. The van der Waals surface area contributed by atoms with E-state index in [1.54, 1.807) is 0 Å². The fourth-order valence-electron chi connectivity index (χ4n) is 2.38. The third-order valence-corrected chi connectivity index (χ3v) is 4.25. The number of hydrogen-bond donors (Lipinski definition) is 2. The van der Waals surface area contributed by atoms with Crippen LogP contribution in [0.4, 0.5) is 0 Å². The third-order valence-electron chi connectivity index (χ3n) is 3.18. The molecule has 2 rings (SSSR count). The highest BCUT2D eigenvalue weighted by Gasteiger charge is 2.27. The van der Waals surface area contributed by atoms with Crippen molar-refractivity contribution in [2.24, 2.45) is 11.8 Å². The number of hydrazine groups is 1. The Morgan fingerprint density at radius 1 is 1.38 bits per heavy atom. The number of nitrogens with one attached hydrogen (secondary N) is 1. The topological polar surface area (TPSA) is 50.9 Å². The van der Waals surface area contributed by atoms with Crippen molar-refractivity contribution in [1.82, 2.24) is 10.4 Å². The van der Waals surface area contributed by atoms with Crippen LogP contribution in [-0.4, -0.2) is 4.98 Å². The van der Waals surface area contributed by atoms with Gasteiger partial charge in [-0.1, -0.05) is 12.8 Å². The molecule has 1 aliphatic rings. The van der Waals surface area contributed by atoms with Crippen LogP contribution < -0.4 is 11.3 Å². The second-order valence-electron chi connectivity index (χ2n) is 4.21. The first-order valence-corrected chi connectivity index (χ1v) is 7.08. The number of rotatable bonds is 3. The molecular formula is C11H15Br2N3. The minimum Gasteiger partial charge on any atom is -0.271 e. The highest BCUT2D eigenvalue weighted by Crippen LogP contribution is 2.37. The molecule has 3 nitrogen and oxygen atoms in total. The first kappa shape index (κ1) is 12.5. The van der Waals surface area contributed by atoms with E-state index >= 15 is 0 Å². The molecule has 1 unspecified atom stereocenters. The molecule has 1 saturated carbocycles. The second kappa shape index (κ2) is 5.58. The van der Waals surface area contributed by atoms with Crippen LogP contribution >= 0.6 is 31.9 Å². The van der Waals surface area contributed by atoms with Crippen molar-refractivity contribution in [1.29, 1.82) is 0 Å². The molecule has 1 aromatic heterocycles. The average Bonchev–Trinajstić information content (AvgIpc) is 2.75. The van der Waals surface area contributed by atoms with Gasteiger partial charge in [0.2, 0.25) is 0 Å². The Morgan fingerprint density at radius 2 is 2.06 bits per heavy atom. The van der Waals surface area contributed by atoms with Crippen molar-refractivity contribution in [3.63, 3.8) is 0 Å². The summed E-state index contributed by atoms with van der Waals surface area (Å²) in [7, 11) is 0. The third kappa shape index (κ3) is 2.64. The Labute approximate surface area is 112 Å². The molecule has 1 heterocycles. The average molecular weight is 349 g/mol. The first-order chi connectivity index (χ1) is 7.72. The van der Waals surface area contributed by atoms with E-state index in [1.807, 2.05) is 12.3 Å². The Kier molecular flexibility index (Phi) is 4.35. The SMILES string of the molecule is NNC(c1ncc(Br)cc1Br)C1CCCC1. The van der Waals surface area contributed by atoms with E-state index in [1.165, 1.54) is 25.7 Å². The monoisotopic (exact) mass is 347 g/mol. The number of aromatic nitrogens is 1. The lowest BCUT2D eigenvalue weighted by Crippen LogP contribution is -2.33. The van der Waals surface area contributed by atoms with Gasteiger partial charge in [0.15, 0.2) is 0 Å². The number of nitrogens with zero attached hydrogens (tertiary/aromatic N) is 1. The van der Waals surface area contributed by atoms with Crippen molar-refractivity contribution in [3.05, 3.63) is 26.9 Å². The quantitative estimate of drug-likeness (QED) is 0.650. The Balaban J connectivity index is 2.25. The number of pyridine rings is 1. The van der Waals surface area contributed by atoms with Gasteiger partial charge in [-0.25, -0.2) is 0 Å². The fraction of sp³-hybridized carbons (Fsp3) is 0.545. The van der Waals surface area contributed by atoms with Crippen molar-refractivity contribution < 1.29 is 0 Å². The van der Waals surface area contributed by atoms with E-state index in [9.17, 15) is 0 Å². The summed E-state index contributed by atoms with van der Waals surface area (Å²) < 4.78 is 1.99. The summed E-state index contributed by atoms with van der Waals surface area (Å²) in [5.41, 5.74) is 3.92. The van der Waals surface area contributed by atoms with Gasteiger partial charge in [0.05, 0.1) is 11.7 Å². The summed E-state index contributed by atoms with van der Waals surface area (Å²) in [4.78, 5) is 4.46. The molecule has 88 valence electrons. The predicted octanol–water partition coefficient (Wildman–Crippen LogP) is 3.30. The van der Waals surface area contributed by atoms with Crippen LogP contribution in [-0.2, 0) is 0 Å². The zero-order valence-corrected chi connectivity index (χ0v) is 12.1. The predicted molar refractivity (Wildman–Crippen MR) is 71.7 cm³/mol. The summed E-state index contributed by atoms with van der Waals surface area (Å²) in [6, 6.07) is 2.17. The van der Waals surface area contributed by atoms with Gasteiger partial charge in [-0.05, 0) is 56.7 Å². The molecule has 0 aliphatic heterocycles. The lowest BCUT2D eigenvalue weighted by atomic mass is 9.95. The van der Waals surface area contributed by atoms with E-state index in [0.29, 0.717) is 5.92 Å². The van der Waals surface area contributed by atoms with Crippen LogP contribution in [0.3, 0.4) is 0 Å². The van der Waals surface area contributed by atoms with E-state index in [0.717, 1.165) is 14.6 Å². The molecule has 0 bridgehead atoms. The molecule has 16 heavy (non-hydrogen) atoms. The van der Waals surface area contributed by atoms with Gasteiger partial charge in [-0.15, -0.1) is 0 Å². The largest absolute Gasteiger partial charge is 0.271 e. The fourth-order valence-corrected chi connectivity index (χ4v) is 3.62. The molecular weight excluding hydrogens is 334 g/mol. The van der Waals surface area contributed by atoms with Gasteiger partial charge in [-0.3, -0.25) is 16.3 Å². The molecule has 1 atom stereocenters. The highest BCUT2D eigenvalue weighted by molar-refractivity contribution is 9.11. The molecule has 0 amide bonds.